The standard InChI is InChI=1S/C9H15N3O3S/c13-16(14,6-9-2-1-3-15-9)12-5-8-4-10-7-11-8/h4,7,9,12H,1-3,5-6H2,(H,10,11). The molecule has 1 atom stereocenters. The zero-order valence-electron chi connectivity index (χ0n) is 8.85. The van der Waals surface area contributed by atoms with Crippen molar-refractivity contribution in [3.05, 3.63) is 18.2 Å². The highest BCUT2D eigenvalue weighted by Crippen LogP contribution is 2.13. The number of H-pyrrole nitrogens is 1. The molecule has 1 fully saturated rings. The van der Waals surface area contributed by atoms with Crippen molar-refractivity contribution >= 4 is 10.0 Å². The third-order valence-corrected chi connectivity index (χ3v) is 3.86. The van der Waals surface area contributed by atoms with Gasteiger partial charge in [0.2, 0.25) is 10.0 Å². The van der Waals surface area contributed by atoms with Crippen LogP contribution < -0.4 is 4.72 Å². The second kappa shape index (κ2) is 4.94. The van der Waals surface area contributed by atoms with Crippen LogP contribution in [0, 0.1) is 0 Å². The normalized spacial score (nSPS) is 21.4. The van der Waals surface area contributed by atoms with Gasteiger partial charge in [0, 0.05) is 18.5 Å². The van der Waals surface area contributed by atoms with E-state index >= 15 is 0 Å². The first-order chi connectivity index (χ1) is 7.66. The lowest BCUT2D eigenvalue weighted by Gasteiger charge is -2.10. The van der Waals surface area contributed by atoms with E-state index in [2.05, 4.69) is 14.7 Å². The highest BCUT2D eigenvalue weighted by Gasteiger charge is 2.22. The second-order valence-corrected chi connectivity index (χ2v) is 5.67. The van der Waals surface area contributed by atoms with Gasteiger partial charge in [0.15, 0.2) is 0 Å². The maximum absolute atomic E-state index is 11.7. The van der Waals surface area contributed by atoms with Gasteiger partial charge in [0.05, 0.1) is 24.7 Å². The molecular weight excluding hydrogens is 230 g/mol. The minimum absolute atomic E-state index is 0.0428. The Morgan fingerprint density at radius 3 is 3.12 bits per heavy atom. The Labute approximate surface area is 94.5 Å². The molecular formula is C9H15N3O3S. The van der Waals surface area contributed by atoms with E-state index in [1.807, 2.05) is 0 Å². The summed E-state index contributed by atoms with van der Waals surface area (Å²) in [6.07, 6.45) is 4.73. The molecule has 2 N–H and O–H groups in total. The number of rotatable bonds is 5. The monoisotopic (exact) mass is 245 g/mol. The van der Waals surface area contributed by atoms with E-state index < -0.39 is 10.0 Å². The Morgan fingerprint density at radius 2 is 2.50 bits per heavy atom. The molecule has 0 amide bonds. The number of sulfonamides is 1. The number of imidazole rings is 1. The van der Waals surface area contributed by atoms with E-state index in [-0.39, 0.29) is 18.4 Å². The molecule has 1 aromatic rings. The van der Waals surface area contributed by atoms with E-state index in [4.69, 9.17) is 4.74 Å². The molecule has 0 bridgehead atoms. The van der Waals surface area contributed by atoms with Crippen molar-refractivity contribution < 1.29 is 13.2 Å². The van der Waals surface area contributed by atoms with Crippen LogP contribution in [0.5, 0.6) is 0 Å². The molecule has 0 radical (unpaired) electrons. The summed E-state index contributed by atoms with van der Waals surface area (Å²) >= 11 is 0. The van der Waals surface area contributed by atoms with Crippen molar-refractivity contribution in [1.82, 2.24) is 14.7 Å². The van der Waals surface area contributed by atoms with Crippen molar-refractivity contribution in [3.63, 3.8) is 0 Å². The molecule has 0 aliphatic carbocycles. The molecule has 16 heavy (non-hydrogen) atoms. The molecule has 0 saturated carbocycles. The molecule has 0 aromatic carbocycles. The summed E-state index contributed by atoms with van der Waals surface area (Å²) in [5.74, 6) is 0.0428. The first kappa shape index (κ1) is 11.6. The molecule has 2 rings (SSSR count). The quantitative estimate of drug-likeness (QED) is 0.765. The van der Waals surface area contributed by atoms with Crippen LogP contribution in [0.2, 0.25) is 0 Å². The van der Waals surface area contributed by atoms with Gasteiger partial charge in [0.1, 0.15) is 0 Å². The summed E-state index contributed by atoms with van der Waals surface area (Å²) in [5.41, 5.74) is 0.746. The molecule has 0 spiro atoms. The fourth-order valence-electron chi connectivity index (χ4n) is 1.65. The van der Waals surface area contributed by atoms with Crippen LogP contribution >= 0.6 is 0 Å². The number of nitrogens with one attached hydrogen (secondary N) is 2. The van der Waals surface area contributed by atoms with Crippen LogP contribution in [0.15, 0.2) is 12.5 Å². The Hall–Kier alpha value is -0.920. The van der Waals surface area contributed by atoms with E-state index in [0.29, 0.717) is 6.61 Å². The van der Waals surface area contributed by atoms with E-state index in [1.165, 1.54) is 6.33 Å². The van der Waals surface area contributed by atoms with Crippen molar-refractivity contribution in [3.8, 4) is 0 Å². The number of aromatic nitrogens is 2. The topological polar surface area (TPSA) is 84.1 Å². The van der Waals surface area contributed by atoms with Crippen molar-refractivity contribution in [2.24, 2.45) is 0 Å². The number of nitrogens with zero attached hydrogens (tertiary/aromatic N) is 1. The van der Waals surface area contributed by atoms with Gasteiger partial charge in [0.25, 0.3) is 0 Å². The average molecular weight is 245 g/mol. The number of aromatic amines is 1. The smallest absolute Gasteiger partial charge is 0.214 e. The van der Waals surface area contributed by atoms with E-state index in [0.717, 1.165) is 18.5 Å². The number of hydrogen-bond acceptors (Lipinski definition) is 4. The Kier molecular flexibility index (Phi) is 3.57. The summed E-state index contributed by atoms with van der Waals surface area (Å²) in [6, 6.07) is 0. The Morgan fingerprint density at radius 1 is 1.62 bits per heavy atom. The van der Waals surface area contributed by atoms with Crippen LogP contribution in [0.4, 0.5) is 0 Å². The fraction of sp³-hybridized carbons (Fsp3) is 0.667. The largest absolute Gasteiger partial charge is 0.377 e. The van der Waals surface area contributed by atoms with Crippen LogP contribution in [-0.2, 0) is 21.3 Å². The third-order valence-electron chi connectivity index (χ3n) is 2.47. The molecule has 1 unspecified atom stereocenters. The number of hydrogen-bond donors (Lipinski definition) is 2. The van der Waals surface area contributed by atoms with Gasteiger partial charge in [-0.15, -0.1) is 0 Å². The third kappa shape index (κ3) is 3.29. The van der Waals surface area contributed by atoms with Crippen LogP contribution in [0.25, 0.3) is 0 Å². The molecule has 7 heteroatoms. The van der Waals surface area contributed by atoms with Crippen LogP contribution in [0.3, 0.4) is 0 Å². The average Bonchev–Trinajstić information content (AvgIpc) is 2.85. The van der Waals surface area contributed by atoms with Crippen LogP contribution in [-0.4, -0.2) is 36.8 Å². The summed E-state index contributed by atoms with van der Waals surface area (Å²) in [6.45, 7) is 0.912. The number of ether oxygens (including phenoxy) is 1. The molecule has 1 saturated heterocycles. The first-order valence-electron chi connectivity index (χ1n) is 5.22. The maximum Gasteiger partial charge on any atom is 0.214 e. The molecule has 90 valence electrons. The lowest BCUT2D eigenvalue weighted by Crippen LogP contribution is -2.31. The highest BCUT2D eigenvalue weighted by atomic mass is 32.2. The minimum atomic E-state index is -3.26. The maximum atomic E-state index is 11.7. The van der Waals surface area contributed by atoms with Gasteiger partial charge in [-0.1, -0.05) is 0 Å². The predicted octanol–water partition coefficient (Wildman–Crippen LogP) is 0.00810. The van der Waals surface area contributed by atoms with Crippen molar-refractivity contribution in [2.45, 2.75) is 25.5 Å². The van der Waals surface area contributed by atoms with Gasteiger partial charge in [-0.3, -0.25) is 0 Å². The van der Waals surface area contributed by atoms with Crippen molar-refractivity contribution in [2.75, 3.05) is 12.4 Å². The van der Waals surface area contributed by atoms with Crippen LogP contribution in [0.1, 0.15) is 18.5 Å². The molecule has 1 aliphatic rings. The molecule has 1 aromatic heterocycles. The SMILES string of the molecule is O=S(=O)(CC1CCCO1)NCc1cnc[nH]1. The molecule has 6 nitrogen and oxygen atoms in total. The summed E-state index contributed by atoms with van der Waals surface area (Å²) in [7, 11) is -3.26. The van der Waals surface area contributed by atoms with E-state index in [9.17, 15) is 8.42 Å². The lowest BCUT2D eigenvalue weighted by atomic mass is 10.3. The molecule has 1 aliphatic heterocycles. The molecule has 2 heterocycles. The lowest BCUT2D eigenvalue weighted by molar-refractivity contribution is 0.127. The van der Waals surface area contributed by atoms with Gasteiger partial charge in [-0.05, 0) is 12.8 Å². The first-order valence-corrected chi connectivity index (χ1v) is 6.87. The Bertz CT molecular complexity index is 409. The second-order valence-electron chi connectivity index (χ2n) is 3.81. The zero-order valence-corrected chi connectivity index (χ0v) is 9.66. The summed E-state index contributed by atoms with van der Waals surface area (Å²) in [5, 5.41) is 0. The zero-order chi connectivity index (χ0) is 11.4. The van der Waals surface area contributed by atoms with Gasteiger partial charge < -0.3 is 9.72 Å². The minimum Gasteiger partial charge on any atom is -0.377 e. The predicted molar refractivity (Wildman–Crippen MR) is 58.2 cm³/mol. The van der Waals surface area contributed by atoms with Gasteiger partial charge in [-0.2, -0.15) is 0 Å². The summed E-state index contributed by atoms with van der Waals surface area (Å²) < 4.78 is 31.1. The summed E-state index contributed by atoms with van der Waals surface area (Å²) in [4.78, 5) is 6.65. The highest BCUT2D eigenvalue weighted by molar-refractivity contribution is 7.89. The van der Waals surface area contributed by atoms with E-state index in [1.54, 1.807) is 6.20 Å². The fourth-order valence-corrected chi connectivity index (χ4v) is 2.89. The van der Waals surface area contributed by atoms with Gasteiger partial charge >= 0.3 is 0 Å². The Balaban J connectivity index is 1.82. The van der Waals surface area contributed by atoms with Gasteiger partial charge in [-0.25, -0.2) is 18.1 Å². The van der Waals surface area contributed by atoms with Crippen molar-refractivity contribution in [1.29, 1.82) is 0 Å².